The van der Waals surface area contributed by atoms with Crippen LogP contribution in [0.5, 0.6) is 0 Å². The van der Waals surface area contributed by atoms with Gasteiger partial charge in [-0.05, 0) is 35.9 Å². The fraction of sp³-hybridized carbons (Fsp3) is 0.320. The highest BCUT2D eigenvalue weighted by atomic mass is 19.1. The van der Waals surface area contributed by atoms with E-state index in [1.807, 2.05) is 11.8 Å². The second kappa shape index (κ2) is 10.8. The molecule has 6 N–H and O–H groups in total. The van der Waals surface area contributed by atoms with Crippen LogP contribution in [-0.2, 0) is 0 Å². The number of aliphatic hydroxyl groups excluding tert-OH is 3. The first-order valence-electron chi connectivity index (χ1n) is 11.5. The van der Waals surface area contributed by atoms with Gasteiger partial charge < -0.3 is 31.3 Å². The normalized spacial score (nSPS) is 20.5. The fourth-order valence-corrected chi connectivity index (χ4v) is 4.32. The number of benzene rings is 1. The van der Waals surface area contributed by atoms with Gasteiger partial charge in [-0.3, -0.25) is 9.78 Å². The van der Waals surface area contributed by atoms with Gasteiger partial charge in [-0.1, -0.05) is 6.92 Å². The number of halogens is 3. The molecule has 3 aromatic rings. The Labute approximate surface area is 210 Å². The lowest BCUT2D eigenvalue weighted by Gasteiger charge is -2.40. The highest BCUT2D eigenvalue weighted by molar-refractivity contribution is 6.04. The van der Waals surface area contributed by atoms with E-state index in [9.17, 15) is 28.2 Å². The lowest BCUT2D eigenvalue weighted by Crippen LogP contribution is -2.55. The summed E-state index contributed by atoms with van der Waals surface area (Å²) in [4.78, 5) is 22.8. The third-order valence-corrected chi connectivity index (χ3v) is 6.29. The van der Waals surface area contributed by atoms with Crippen LogP contribution in [0.2, 0.25) is 0 Å². The zero-order valence-corrected chi connectivity index (χ0v) is 19.8. The van der Waals surface area contributed by atoms with Crippen LogP contribution in [0.3, 0.4) is 0 Å². The number of hydrogen-bond donors (Lipinski definition) is 5. The molecule has 1 aromatic carbocycles. The van der Waals surface area contributed by atoms with Crippen molar-refractivity contribution in [1.82, 2.24) is 9.97 Å². The van der Waals surface area contributed by atoms with E-state index in [1.54, 1.807) is 6.07 Å². The molecular formula is C25H26F3N5O4. The number of amides is 1. The van der Waals surface area contributed by atoms with Gasteiger partial charge in [0.2, 0.25) is 0 Å². The molecular weight excluding hydrogens is 491 g/mol. The molecule has 3 heterocycles. The van der Waals surface area contributed by atoms with Crippen LogP contribution in [0.4, 0.5) is 24.5 Å². The lowest BCUT2D eigenvalue weighted by atomic mass is 9.92. The first-order valence-corrected chi connectivity index (χ1v) is 11.5. The van der Waals surface area contributed by atoms with Gasteiger partial charge in [0.15, 0.2) is 0 Å². The van der Waals surface area contributed by atoms with Gasteiger partial charge in [-0.25, -0.2) is 18.2 Å². The van der Waals surface area contributed by atoms with Crippen LogP contribution in [0.15, 0.2) is 42.7 Å². The van der Waals surface area contributed by atoms with Gasteiger partial charge in [0.1, 0.15) is 34.9 Å². The monoisotopic (exact) mass is 517 g/mol. The van der Waals surface area contributed by atoms with Crippen molar-refractivity contribution in [3.8, 4) is 11.3 Å². The molecule has 2 aromatic heterocycles. The number of anilines is 2. The van der Waals surface area contributed by atoms with Gasteiger partial charge >= 0.3 is 0 Å². The smallest absolute Gasteiger partial charge is 0.274 e. The zero-order valence-electron chi connectivity index (χ0n) is 19.8. The largest absolute Gasteiger partial charge is 0.393 e. The molecule has 1 aliphatic rings. The number of carbonyl (C=O) groups is 1. The molecule has 0 aliphatic carbocycles. The highest BCUT2D eigenvalue weighted by Gasteiger charge is 2.32. The van der Waals surface area contributed by atoms with Crippen molar-refractivity contribution >= 4 is 17.3 Å². The van der Waals surface area contributed by atoms with Crippen LogP contribution in [-0.4, -0.2) is 63.0 Å². The van der Waals surface area contributed by atoms with Gasteiger partial charge in [0.05, 0.1) is 35.8 Å². The average Bonchev–Trinajstić information content (AvgIpc) is 2.87. The predicted octanol–water partition coefficient (Wildman–Crippen LogP) is 1.98. The minimum Gasteiger partial charge on any atom is -0.393 e. The molecule has 0 unspecified atom stereocenters. The molecule has 4 atom stereocenters. The first-order chi connectivity index (χ1) is 17.6. The SMILES string of the molecule is C[C@H]1CN(c2ccncc2NC(=O)c2ccc(F)c(-c3c(F)cc([C@@H](O)CO)cc3F)n2)C[C@@H](N)[C@@H]1O. The molecule has 1 saturated heterocycles. The molecule has 1 fully saturated rings. The number of nitrogens with zero attached hydrogens (tertiary/aromatic N) is 3. The third-order valence-electron chi connectivity index (χ3n) is 6.29. The Morgan fingerprint density at radius 3 is 2.54 bits per heavy atom. The molecule has 9 nitrogen and oxygen atoms in total. The maximum atomic E-state index is 14.7. The number of aliphatic hydroxyl groups is 3. The van der Waals surface area contributed by atoms with Crippen LogP contribution >= 0.6 is 0 Å². The second-order valence-electron chi connectivity index (χ2n) is 8.97. The van der Waals surface area contributed by atoms with E-state index in [1.165, 1.54) is 12.4 Å². The summed E-state index contributed by atoms with van der Waals surface area (Å²) in [6, 6.07) is 4.62. The third kappa shape index (κ3) is 5.42. The summed E-state index contributed by atoms with van der Waals surface area (Å²) < 4.78 is 44.0. The van der Waals surface area contributed by atoms with E-state index in [0.29, 0.717) is 24.5 Å². The summed E-state index contributed by atoms with van der Waals surface area (Å²) in [6.07, 6.45) is 0.745. The van der Waals surface area contributed by atoms with Crippen molar-refractivity contribution in [3.63, 3.8) is 0 Å². The van der Waals surface area contributed by atoms with E-state index >= 15 is 0 Å². The van der Waals surface area contributed by atoms with Crippen LogP contribution in [0.25, 0.3) is 11.3 Å². The van der Waals surface area contributed by atoms with Crippen molar-refractivity contribution in [3.05, 3.63) is 71.4 Å². The minimum atomic E-state index is -1.53. The van der Waals surface area contributed by atoms with E-state index < -0.39 is 59.5 Å². The molecule has 1 aliphatic heterocycles. The number of nitrogens with one attached hydrogen (secondary N) is 1. The number of aromatic nitrogens is 2. The molecule has 0 spiro atoms. The topological polar surface area (TPSA) is 145 Å². The molecule has 0 radical (unpaired) electrons. The lowest BCUT2D eigenvalue weighted by molar-refractivity contribution is 0.0785. The van der Waals surface area contributed by atoms with Gasteiger partial charge in [0.25, 0.3) is 5.91 Å². The average molecular weight is 518 g/mol. The van der Waals surface area contributed by atoms with Crippen LogP contribution in [0.1, 0.15) is 29.1 Å². The Kier molecular flexibility index (Phi) is 7.73. The van der Waals surface area contributed by atoms with E-state index in [2.05, 4.69) is 15.3 Å². The van der Waals surface area contributed by atoms with Gasteiger partial charge in [-0.15, -0.1) is 0 Å². The highest BCUT2D eigenvalue weighted by Crippen LogP contribution is 2.32. The Bertz CT molecular complexity index is 1280. The molecule has 4 rings (SSSR count). The number of nitrogens with two attached hydrogens (primary N) is 1. The Morgan fingerprint density at radius 2 is 1.89 bits per heavy atom. The Balaban J connectivity index is 1.63. The van der Waals surface area contributed by atoms with Crippen LogP contribution in [0, 0.1) is 23.4 Å². The second-order valence-corrected chi connectivity index (χ2v) is 8.97. The molecule has 0 saturated carbocycles. The number of carbonyl (C=O) groups excluding carboxylic acids is 1. The molecule has 196 valence electrons. The zero-order chi connectivity index (χ0) is 26.9. The minimum absolute atomic E-state index is 0.128. The van der Waals surface area contributed by atoms with Crippen molar-refractivity contribution in [2.75, 3.05) is 29.9 Å². The maximum Gasteiger partial charge on any atom is 0.274 e. The summed E-state index contributed by atoms with van der Waals surface area (Å²) in [6.45, 7) is 1.90. The number of hydrogen-bond acceptors (Lipinski definition) is 8. The summed E-state index contributed by atoms with van der Waals surface area (Å²) in [5, 5.41) is 31.5. The summed E-state index contributed by atoms with van der Waals surface area (Å²) in [5.74, 6) is -4.42. The maximum absolute atomic E-state index is 14.7. The summed E-state index contributed by atoms with van der Waals surface area (Å²) in [7, 11) is 0. The summed E-state index contributed by atoms with van der Waals surface area (Å²) in [5.41, 5.74) is 4.84. The first kappa shape index (κ1) is 26.5. The molecule has 1 amide bonds. The van der Waals surface area contributed by atoms with Crippen molar-refractivity contribution in [1.29, 1.82) is 0 Å². The van der Waals surface area contributed by atoms with Gasteiger partial charge in [0, 0.05) is 31.2 Å². The van der Waals surface area contributed by atoms with E-state index in [-0.39, 0.29) is 17.2 Å². The standard InChI is InChI=1S/C25H26F3N5O4/c1-12-9-33(10-17(29)24(12)36)20-4-5-30-8-19(20)32-25(37)18-3-2-14(26)23(31-18)22-15(27)6-13(7-16(22)28)21(35)11-34/h2-8,12,17,21,24,34-36H,9-11,29H2,1H3,(H,32,37)/t12-,17+,21-,24+/m0/s1. The molecule has 37 heavy (non-hydrogen) atoms. The van der Waals surface area contributed by atoms with Crippen molar-refractivity contribution in [2.24, 2.45) is 11.7 Å². The molecule has 0 bridgehead atoms. The summed E-state index contributed by atoms with van der Waals surface area (Å²) >= 11 is 0. The van der Waals surface area contributed by atoms with E-state index in [0.717, 1.165) is 24.3 Å². The Hall–Kier alpha value is -3.58. The van der Waals surface area contributed by atoms with Crippen molar-refractivity contribution in [2.45, 2.75) is 25.2 Å². The molecule has 12 heteroatoms. The number of pyridine rings is 2. The Morgan fingerprint density at radius 1 is 1.19 bits per heavy atom. The quantitative estimate of drug-likeness (QED) is 0.334. The van der Waals surface area contributed by atoms with Gasteiger partial charge in [-0.2, -0.15) is 0 Å². The van der Waals surface area contributed by atoms with Crippen LogP contribution < -0.4 is 16.0 Å². The number of piperidine rings is 1. The van der Waals surface area contributed by atoms with Crippen molar-refractivity contribution < 1.29 is 33.3 Å². The predicted molar refractivity (Wildman–Crippen MR) is 129 cm³/mol. The number of rotatable bonds is 6. The fourth-order valence-electron chi connectivity index (χ4n) is 4.32. The van der Waals surface area contributed by atoms with E-state index in [4.69, 9.17) is 10.8 Å².